The Balaban J connectivity index is 1.25. The van der Waals surface area contributed by atoms with Gasteiger partial charge < -0.3 is 19.7 Å². The van der Waals surface area contributed by atoms with Gasteiger partial charge in [0.1, 0.15) is 11.5 Å². The van der Waals surface area contributed by atoms with Crippen LogP contribution in [-0.2, 0) is 9.59 Å². The number of amides is 2. The van der Waals surface area contributed by atoms with Crippen LogP contribution in [0.15, 0.2) is 54.6 Å². The minimum absolute atomic E-state index is 0.00559. The summed E-state index contributed by atoms with van der Waals surface area (Å²) in [4.78, 5) is 26.5. The first-order valence-electron chi connectivity index (χ1n) is 11.0. The Morgan fingerprint density at radius 3 is 2.26 bits per heavy atom. The van der Waals surface area contributed by atoms with Gasteiger partial charge in [0.2, 0.25) is 11.8 Å². The molecule has 1 aliphatic rings. The van der Waals surface area contributed by atoms with Gasteiger partial charge in [-0.2, -0.15) is 0 Å². The van der Waals surface area contributed by atoms with E-state index in [9.17, 15) is 9.59 Å². The van der Waals surface area contributed by atoms with E-state index in [-0.39, 0.29) is 17.9 Å². The summed E-state index contributed by atoms with van der Waals surface area (Å²) in [6.07, 6.45) is 3.09. The number of likely N-dealkylation sites (tertiary alicyclic amines) is 1. The van der Waals surface area contributed by atoms with E-state index in [2.05, 4.69) is 5.32 Å². The molecule has 166 valence electrons. The quantitative estimate of drug-likeness (QED) is 0.590. The Morgan fingerprint density at radius 2 is 1.55 bits per heavy atom. The van der Waals surface area contributed by atoms with E-state index in [4.69, 9.17) is 9.47 Å². The van der Waals surface area contributed by atoms with Gasteiger partial charge in [0.25, 0.3) is 0 Å². The highest BCUT2D eigenvalue weighted by Crippen LogP contribution is 2.14. The molecule has 6 nitrogen and oxygen atoms in total. The lowest BCUT2D eigenvalue weighted by molar-refractivity contribution is -0.132. The number of carbonyl (C=O) groups is 2. The van der Waals surface area contributed by atoms with Crippen molar-refractivity contribution in [2.75, 3.05) is 26.3 Å². The van der Waals surface area contributed by atoms with Crippen molar-refractivity contribution in [1.82, 2.24) is 10.2 Å². The summed E-state index contributed by atoms with van der Waals surface area (Å²) in [5.41, 5.74) is 1.20. The number of nitrogens with one attached hydrogen (secondary N) is 1. The van der Waals surface area contributed by atoms with Gasteiger partial charge >= 0.3 is 0 Å². The number of nitrogens with zero attached hydrogens (tertiary/aromatic N) is 1. The fourth-order valence-corrected chi connectivity index (χ4v) is 3.56. The normalized spacial score (nSPS) is 14.2. The Kier molecular flexibility index (Phi) is 8.76. The molecule has 1 aliphatic heterocycles. The predicted molar refractivity (Wildman–Crippen MR) is 120 cm³/mol. The number of hydrogen-bond acceptors (Lipinski definition) is 4. The van der Waals surface area contributed by atoms with Crippen LogP contribution in [0.25, 0.3) is 0 Å². The zero-order valence-corrected chi connectivity index (χ0v) is 18.2. The molecule has 3 rings (SSSR count). The maximum Gasteiger partial charge on any atom is 0.223 e. The van der Waals surface area contributed by atoms with Crippen LogP contribution in [0.5, 0.6) is 11.5 Å². The second-order valence-electron chi connectivity index (χ2n) is 7.90. The Labute approximate surface area is 184 Å². The van der Waals surface area contributed by atoms with E-state index in [1.807, 2.05) is 66.4 Å². The molecule has 0 radical (unpaired) electrons. The average molecular weight is 425 g/mol. The van der Waals surface area contributed by atoms with E-state index in [1.165, 1.54) is 5.56 Å². The first-order valence-corrected chi connectivity index (χ1v) is 11.0. The van der Waals surface area contributed by atoms with Crippen LogP contribution in [0.1, 0.15) is 37.7 Å². The summed E-state index contributed by atoms with van der Waals surface area (Å²) in [5, 5.41) is 3.06. The molecular weight excluding hydrogens is 392 g/mol. The summed E-state index contributed by atoms with van der Waals surface area (Å²) >= 11 is 0. The lowest BCUT2D eigenvalue weighted by Gasteiger charge is -2.32. The first kappa shape index (κ1) is 22.7. The Bertz CT molecular complexity index is 815. The van der Waals surface area contributed by atoms with Gasteiger partial charge in [-0.25, -0.2) is 0 Å². The van der Waals surface area contributed by atoms with Crippen molar-refractivity contribution in [1.29, 1.82) is 0 Å². The smallest absolute Gasteiger partial charge is 0.223 e. The number of piperidine rings is 1. The molecule has 1 heterocycles. The monoisotopic (exact) mass is 424 g/mol. The molecule has 6 heteroatoms. The third kappa shape index (κ3) is 7.96. The van der Waals surface area contributed by atoms with Gasteiger partial charge in [-0.15, -0.1) is 0 Å². The zero-order valence-electron chi connectivity index (χ0n) is 18.2. The molecule has 0 aliphatic carbocycles. The highest BCUT2D eigenvalue weighted by Gasteiger charge is 2.23. The van der Waals surface area contributed by atoms with E-state index in [1.54, 1.807) is 0 Å². The van der Waals surface area contributed by atoms with Crippen LogP contribution in [0.4, 0.5) is 0 Å². The first-order chi connectivity index (χ1) is 15.1. The number of ether oxygens (including phenoxy) is 2. The van der Waals surface area contributed by atoms with Crippen LogP contribution in [0.2, 0.25) is 0 Å². The van der Waals surface area contributed by atoms with Crippen molar-refractivity contribution in [2.45, 2.75) is 45.1 Å². The van der Waals surface area contributed by atoms with E-state index in [0.29, 0.717) is 45.6 Å². The van der Waals surface area contributed by atoms with Gasteiger partial charge in [-0.3, -0.25) is 9.59 Å². The fraction of sp³-hybridized carbons (Fsp3) is 0.440. The minimum atomic E-state index is -0.00559. The summed E-state index contributed by atoms with van der Waals surface area (Å²) in [6, 6.07) is 17.5. The third-order valence-corrected chi connectivity index (χ3v) is 5.38. The summed E-state index contributed by atoms with van der Waals surface area (Å²) in [6.45, 7) is 4.30. The molecular formula is C25H32N2O4. The molecule has 0 bridgehead atoms. The Morgan fingerprint density at radius 1 is 0.903 bits per heavy atom. The van der Waals surface area contributed by atoms with Gasteiger partial charge in [0.05, 0.1) is 19.6 Å². The van der Waals surface area contributed by atoms with E-state index in [0.717, 1.165) is 24.3 Å². The zero-order chi connectivity index (χ0) is 21.9. The molecule has 2 amide bonds. The van der Waals surface area contributed by atoms with Crippen molar-refractivity contribution in [3.8, 4) is 11.5 Å². The van der Waals surface area contributed by atoms with Crippen LogP contribution in [0, 0.1) is 6.92 Å². The topological polar surface area (TPSA) is 67.9 Å². The molecule has 31 heavy (non-hydrogen) atoms. The molecule has 0 aromatic heterocycles. The maximum atomic E-state index is 12.4. The van der Waals surface area contributed by atoms with Crippen LogP contribution in [-0.4, -0.2) is 49.1 Å². The molecule has 0 unspecified atom stereocenters. The molecule has 0 spiro atoms. The lowest BCUT2D eigenvalue weighted by atomic mass is 10.0. The minimum Gasteiger partial charge on any atom is -0.494 e. The predicted octanol–water partition coefficient (Wildman–Crippen LogP) is 3.73. The lowest BCUT2D eigenvalue weighted by Crippen LogP contribution is -2.46. The summed E-state index contributed by atoms with van der Waals surface area (Å²) < 4.78 is 11.3. The SMILES string of the molecule is Cc1ccc(OCCCC(=O)N2CCC(NC(=O)CCOc3ccccc3)CC2)cc1. The van der Waals surface area contributed by atoms with Crippen LogP contribution in [0.3, 0.4) is 0 Å². The number of rotatable bonds is 10. The second-order valence-corrected chi connectivity index (χ2v) is 7.90. The van der Waals surface area contributed by atoms with Crippen molar-refractivity contribution in [2.24, 2.45) is 0 Å². The number of carbonyl (C=O) groups excluding carboxylic acids is 2. The van der Waals surface area contributed by atoms with Crippen molar-refractivity contribution in [3.05, 3.63) is 60.2 Å². The third-order valence-electron chi connectivity index (χ3n) is 5.38. The van der Waals surface area contributed by atoms with Crippen LogP contribution >= 0.6 is 0 Å². The number of aryl methyl sites for hydroxylation is 1. The van der Waals surface area contributed by atoms with Crippen LogP contribution < -0.4 is 14.8 Å². The second kappa shape index (κ2) is 12.0. The highest BCUT2D eigenvalue weighted by molar-refractivity contribution is 5.77. The molecule has 1 fully saturated rings. The van der Waals surface area contributed by atoms with Gasteiger partial charge in [-0.1, -0.05) is 35.9 Å². The molecule has 1 N–H and O–H groups in total. The molecule has 2 aromatic carbocycles. The molecule has 0 saturated carbocycles. The van der Waals surface area contributed by atoms with Gasteiger partial charge in [0.15, 0.2) is 0 Å². The maximum absolute atomic E-state index is 12.4. The Hall–Kier alpha value is -3.02. The summed E-state index contributed by atoms with van der Waals surface area (Å²) in [7, 11) is 0. The van der Waals surface area contributed by atoms with Crippen molar-refractivity contribution >= 4 is 11.8 Å². The van der Waals surface area contributed by atoms with Crippen molar-refractivity contribution < 1.29 is 19.1 Å². The van der Waals surface area contributed by atoms with Crippen molar-refractivity contribution in [3.63, 3.8) is 0 Å². The average Bonchev–Trinajstić information content (AvgIpc) is 2.79. The standard InChI is InChI=1S/C25H32N2O4/c1-20-9-11-23(12-10-20)30-18-5-8-25(29)27-16-13-21(14-17-27)26-24(28)15-19-31-22-6-3-2-4-7-22/h2-4,6-7,9-12,21H,5,8,13-19H2,1H3,(H,26,28). The number of para-hydroxylation sites is 1. The molecule has 2 aromatic rings. The highest BCUT2D eigenvalue weighted by atomic mass is 16.5. The molecule has 0 atom stereocenters. The van der Waals surface area contributed by atoms with Gasteiger partial charge in [-0.05, 0) is 50.5 Å². The number of hydrogen-bond donors (Lipinski definition) is 1. The van der Waals surface area contributed by atoms with E-state index < -0.39 is 0 Å². The fourth-order valence-electron chi connectivity index (χ4n) is 3.56. The van der Waals surface area contributed by atoms with Gasteiger partial charge in [0, 0.05) is 25.6 Å². The molecule has 1 saturated heterocycles. The summed E-state index contributed by atoms with van der Waals surface area (Å²) in [5.74, 6) is 1.76. The largest absolute Gasteiger partial charge is 0.494 e. The van der Waals surface area contributed by atoms with E-state index >= 15 is 0 Å². The number of benzene rings is 2.